The molecule has 26 heavy (non-hydrogen) atoms. The number of amides is 1. The van der Waals surface area contributed by atoms with E-state index in [9.17, 15) is 4.79 Å². The summed E-state index contributed by atoms with van der Waals surface area (Å²) in [5.41, 5.74) is 10.4. The maximum atomic E-state index is 10.7. The first kappa shape index (κ1) is 16.0. The summed E-state index contributed by atoms with van der Waals surface area (Å²) in [6.45, 7) is 0. The van der Waals surface area contributed by atoms with Crippen molar-refractivity contribution in [2.45, 2.75) is 0 Å². The van der Waals surface area contributed by atoms with Crippen molar-refractivity contribution in [3.8, 4) is 22.4 Å². The van der Waals surface area contributed by atoms with Crippen LogP contribution in [-0.4, -0.2) is 21.2 Å². The van der Waals surface area contributed by atoms with Gasteiger partial charge in [-0.15, -0.1) is 11.3 Å². The fourth-order valence-electron chi connectivity index (χ4n) is 2.84. The zero-order valence-corrected chi connectivity index (χ0v) is 14.3. The molecule has 3 heterocycles. The molecule has 0 spiro atoms. The molecule has 0 radical (unpaired) electrons. The summed E-state index contributed by atoms with van der Waals surface area (Å²) in [4.78, 5) is 19.5. The van der Waals surface area contributed by atoms with E-state index in [4.69, 9.17) is 10.8 Å². The van der Waals surface area contributed by atoms with Crippen LogP contribution >= 0.6 is 11.3 Å². The lowest BCUT2D eigenvalue weighted by molar-refractivity contribution is 0.210. The number of thiophene rings is 1. The Labute approximate surface area is 153 Å². The Kier molecular flexibility index (Phi) is 3.98. The molecule has 4 rings (SSSR count). The van der Waals surface area contributed by atoms with E-state index in [1.54, 1.807) is 35.9 Å². The van der Waals surface area contributed by atoms with Crippen LogP contribution in [0.3, 0.4) is 0 Å². The van der Waals surface area contributed by atoms with Crippen LogP contribution in [0.25, 0.3) is 32.5 Å². The topological polar surface area (TPSA) is 101 Å². The maximum Gasteiger partial charge on any atom is 0.409 e. The summed E-state index contributed by atoms with van der Waals surface area (Å²) in [6.07, 6.45) is 2.41. The number of fused-ring (bicyclic) bond motifs is 1. The Bertz CT molecular complexity index is 1090. The molecule has 0 aliphatic heterocycles. The zero-order valence-electron chi connectivity index (χ0n) is 13.5. The average Bonchev–Trinajstić information content (AvgIpc) is 3.09. The second-order valence-electron chi connectivity index (χ2n) is 5.63. The Morgan fingerprint density at radius 2 is 1.88 bits per heavy atom. The van der Waals surface area contributed by atoms with E-state index in [-0.39, 0.29) is 0 Å². The number of rotatable bonds is 3. The van der Waals surface area contributed by atoms with Crippen molar-refractivity contribution in [3.05, 3.63) is 60.2 Å². The lowest BCUT2D eigenvalue weighted by Gasteiger charge is -2.07. The predicted octanol–water partition coefficient (Wildman–Crippen LogP) is 4.70. The van der Waals surface area contributed by atoms with Crippen molar-refractivity contribution in [1.29, 1.82) is 0 Å². The summed E-state index contributed by atoms with van der Waals surface area (Å²) in [5, 5.41) is 14.0. The molecule has 4 aromatic rings. The van der Waals surface area contributed by atoms with Crippen LogP contribution in [0.1, 0.15) is 0 Å². The number of nitrogen functional groups attached to an aromatic ring is 1. The summed E-state index contributed by atoms with van der Waals surface area (Å²) in [6, 6.07) is 12.9. The van der Waals surface area contributed by atoms with E-state index in [0.717, 1.165) is 32.5 Å². The van der Waals surface area contributed by atoms with Crippen LogP contribution in [0, 0.1) is 0 Å². The van der Waals surface area contributed by atoms with Crippen LogP contribution in [0.5, 0.6) is 0 Å². The van der Waals surface area contributed by atoms with Crippen molar-refractivity contribution >= 4 is 39.0 Å². The van der Waals surface area contributed by atoms with Crippen LogP contribution in [0.2, 0.25) is 0 Å². The molecule has 0 atom stereocenters. The zero-order chi connectivity index (χ0) is 18.1. The number of nitrogens with zero attached hydrogens (tertiary/aromatic N) is 2. The minimum atomic E-state index is -1.09. The quantitative estimate of drug-likeness (QED) is 0.490. The number of nitrogens with two attached hydrogens (primary N) is 1. The van der Waals surface area contributed by atoms with Gasteiger partial charge in [0.25, 0.3) is 0 Å². The second kappa shape index (κ2) is 6.45. The molecule has 0 fully saturated rings. The van der Waals surface area contributed by atoms with E-state index in [0.29, 0.717) is 11.5 Å². The molecule has 6 nitrogen and oxygen atoms in total. The Morgan fingerprint density at radius 3 is 2.58 bits per heavy atom. The van der Waals surface area contributed by atoms with Gasteiger partial charge in [-0.05, 0) is 35.2 Å². The third kappa shape index (κ3) is 2.84. The highest BCUT2D eigenvalue weighted by molar-refractivity contribution is 7.18. The number of anilines is 2. The van der Waals surface area contributed by atoms with Gasteiger partial charge >= 0.3 is 6.09 Å². The first-order valence-electron chi connectivity index (χ1n) is 7.81. The van der Waals surface area contributed by atoms with Gasteiger partial charge in [0, 0.05) is 39.3 Å². The van der Waals surface area contributed by atoms with Gasteiger partial charge in [0.2, 0.25) is 0 Å². The van der Waals surface area contributed by atoms with Gasteiger partial charge < -0.3 is 10.8 Å². The van der Waals surface area contributed by atoms with Crippen molar-refractivity contribution in [2.24, 2.45) is 0 Å². The van der Waals surface area contributed by atoms with E-state index in [1.807, 2.05) is 35.7 Å². The van der Waals surface area contributed by atoms with Crippen LogP contribution in [0.15, 0.2) is 60.2 Å². The fraction of sp³-hybridized carbons (Fsp3) is 0. The lowest BCUT2D eigenvalue weighted by Crippen LogP contribution is -2.06. The third-order valence-electron chi connectivity index (χ3n) is 4.01. The molecule has 1 aromatic carbocycles. The van der Waals surface area contributed by atoms with Gasteiger partial charge in [0.15, 0.2) is 0 Å². The van der Waals surface area contributed by atoms with E-state index in [2.05, 4.69) is 15.3 Å². The van der Waals surface area contributed by atoms with Crippen LogP contribution in [-0.2, 0) is 0 Å². The minimum Gasteiger partial charge on any atom is -0.465 e. The van der Waals surface area contributed by atoms with Gasteiger partial charge in [-0.25, -0.2) is 9.78 Å². The number of pyridine rings is 2. The number of carbonyl (C=O) groups is 1. The molecule has 0 saturated carbocycles. The normalized spacial score (nSPS) is 10.8. The van der Waals surface area contributed by atoms with E-state index in [1.165, 1.54) is 0 Å². The Morgan fingerprint density at radius 1 is 1.08 bits per heavy atom. The molecule has 7 heteroatoms. The molecule has 1 amide bonds. The van der Waals surface area contributed by atoms with Gasteiger partial charge in [-0.2, -0.15) is 0 Å². The fourth-order valence-corrected chi connectivity index (χ4v) is 3.95. The first-order chi connectivity index (χ1) is 12.6. The molecule has 0 saturated heterocycles. The first-order valence-corrected chi connectivity index (χ1v) is 8.69. The van der Waals surface area contributed by atoms with E-state index < -0.39 is 6.09 Å². The molecule has 0 unspecified atom stereocenters. The summed E-state index contributed by atoms with van der Waals surface area (Å²) < 4.78 is 1.03. The van der Waals surface area contributed by atoms with Gasteiger partial charge in [-0.3, -0.25) is 10.3 Å². The van der Waals surface area contributed by atoms with Crippen LogP contribution < -0.4 is 11.1 Å². The van der Waals surface area contributed by atoms with Gasteiger partial charge in [0.1, 0.15) is 5.82 Å². The molecule has 4 N–H and O–H groups in total. The van der Waals surface area contributed by atoms with Gasteiger partial charge in [0.05, 0.1) is 5.69 Å². The van der Waals surface area contributed by atoms with Crippen molar-refractivity contribution in [1.82, 2.24) is 9.97 Å². The number of nitrogens with one attached hydrogen (secondary N) is 1. The second-order valence-corrected chi connectivity index (χ2v) is 6.51. The number of aromatic nitrogens is 2. The Balaban J connectivity index is 1.83. The SMILES string of the molecule is Nc1ncc(-c2ccccn2)c2scc(-c3ccc(NC(=O)O)cc3)c12. The monoisotopic (exact) mass is 362 g/mol. The standard InChI is InChI=1S/C19H14N4O2S/c20-18-16-14(11-4-6-12(7-5-11)23-19(24)25)10-26-17(16)13(9-22-18)15-3-1-2-8-21-15/h1-10,23H,(H2,20,22)(H,24,25). The minimum absolute atomic E-state index is 0.462. The molecule has 3 aromatic heterocycles. The molecule has 0 aliphatic rings. The highest BCUT2D eigenvalue weighted by atomic mass is 32.1. The average molecular weight is 362 g/mol. The lowest BCUT2D eigenvalue weighted by atomic mass is 10.0. The smallest absolute Gasteiger partial charge is 0.409 e. The summed E-state index contributed by atoms with van der Waals surface area (Å²) >= 11 is 1.59. The number of carboxylic acid groups (broad SMARTS) is 1. The third-order valence-corrected chi connectivity index (χ3v) is 5.03. The maximum absolute atomic E-state index is 10.7. The Hall–Kier alpha value is -3.45. The summed E-state index contributed by atoms with van der Waals surface area (Å²) in [5.74, 6) is 0.462. The van der Waals surface area contributed by atoms with Crippen LogP contribution in [0.4, 0.5) is 16.3 Å². The number of hydrogen-bond donors (Lipinski definition) is 3. The molecule has 0 aliphatic carbocycles. The number of benzene rings is 1. The van der Waals surface area contributed by atoms with Crippen molar-refractivity contribution in [2.75, 3.05) is 11.1 Å². The molecular weight excluding hydrogens is 348 g/mol. The molecule has 0 bridgehead atoms. The largest absolute Gasteiger partial charge is 0.465 e. The highest BCUT2D eigenvalue weighted by Crippen LogP contribution is 2.41. The molecule has 128 valence electrons. The van der Waals surface area contributed by atoms with E-state index >= 15 is 0 Å². The van der Waals surface area contributed by atoms with Crippen molar-refractivity contribution in [3.63, 3.8) is 0 Å². The predicted molar refractivity (Wildman–Crippen MR) is 104 cm³/mol. The van der Waals surface area contributed by atoms with Crippen molar-refractivity contribution < 1.29 is 9.90 Å². The summed E-state index contributed by atoms with van der Waals surface area (Å²) in [7, 11) is 0. The molecular formula is C19H14N4O2S. The highest BCUT2D eigenvalue weighted by Gasteiger charge is 2.15. The number of hydrogen-bond acceptors (Lipinski definition) is 5. The van der Waals surface area contributed by atoms with Gasteiger partial charge in [-0.1, -0.05) is 18.2 Å².